The van der Waals surface area contributed by atoms with Crippen LogP contribution in [0.2, 0.25) is 0 Å². The summed E-state index contributed by atoms with van der Waals surface area (Å²) >= 11 is 1.36. The monoisotopic (exact) mass is 551 g/mol. The molecule has 0 saturated heterocycles. The second-order valence-electron chi connectivity index (χ2n) is 11.1. The molecule has 0 aliphatic heterocycles. The number of rotatable bonds is 6. The van der Waals surface area contributed by atoms with E-state index in [0.717, 1.165) is 21.3 Å². The van der Waals surface area contributed by atoms with Crippen molar-refractivity contribution in [1.82, 2.24) is 25.4 Å². The number of fused-ring (bicyclic) bond motifs is 1. The second-order valence-corrected chi connectivity index (χ2v) is 12.1. The summed E-state index contributed by atoms with van der Waals surface area (Å²) in [7, 11) is 1.65. The van der Waals surface area contributed by atoms with Gasteiger partial charge in [0, 0.05) is 37.2 Å². The van der Waals surface area contributed by atoms with Gasteiger partial charge in [0.1, 0.15) is 5.60 Å². The summed E-state index contributed by atoms with van der Waals surface area (Å²) in [5.41, 5.74) is 2.29. The maximum absolute atomic E-state index is 12.5. The largest absolute Gasteiger partial charge is 0.443 e. The lowest BCUT2D eigenvalue weighted by Crippen LogP contribution is -2.34. The van der Waals surface area contributed by atoms with Crippen molar-refractivity contribution in [3.8, 4) is 11.1 Å². The molecule has 2 N–H and O–H groups in total. The molecule has 0 spiro atoms. The molecule has 0 bridgehead atoms. The number of hydrogen-bond acceptors (Lipinski definition) is 9. The zero-order valence-electron chi connectivity index (χ0n) is 23.2. The smallest absolute Gasteiger partial charge is 0.414 e. The van der Waals surface area contributed by atoms with E-state index in [9.17, 15) is 9.59 Å². The molecule has 206 valence electrons. The average Bonchev–Trinajstić information content (AvgIpc) is 3.48. The van der Waals surface area contributed by atoms with Crippen molar-refractivity contribution in [1.29, 1.82) is 0 Å². The van der Waals surface area contributed by atoms with E-state index in [1.165, 1.54) is 16.2 Å². The molecular weight excluding hydrogens is 518 g/mol. The predicted molar refractivity (Wildman–Crippen MR) is 151 cm³/mol. The number of carbonyl (C=O) groups is 2. The van der Waals surface area contributed by atoms with Gasteiger partial charge < -0.3 is 14.6 Å². The van der Waals surface area contributed by atoms with Crippen molar-refractivity contribution in [3.05, 3.63) is 48.4 Å². The number of nitrogens with one attached hydrogen (secondary N) is 2. The van der Waals surface area contributed by atoms with Gasteiger partial charge >= 0.3 is 12.1 Å². The van der Waals surface area contributed by atoms with Crippen LogP contribution >= 0.6 is 11.3 Å². The van der Waals surface area contributed by atoms with Crippen LogP contribution in [0.3, 0.4) is 0 Å². The van der Waals surface area contributed by atoms with Crippen LogP contribution in [0.1, 0.15) is 53.3 Å². The van der Waals surface area contributed by atoms with Crippen LogP contribution in [-0.2, 0) is 16.6 Å². The van der Waals surface area contributed by atoms with Crippen LogP contribution in [0.4, 0.5) is 20.4 Å². The number of thiazole rings is 1. The van der Waals surface area contributed by atoms with Crippen molar-refractivity contribution in [3.63, 3.8) is 0 Å². The summed E-state index contributed by atoms with van der Waals surface area (Å²) in [6.07, 6.45) is 3.34. The first-order valence-electron chi connectivity index (χ1n) is 12.5. The third kappa shape index (κ3) is 7.29. The standard InChI is InChI=1S/C27H33N7O4S/c1-26(2,3)22-31-21(33-38-22)10-11-29-23(35)32-24-30-19-9-8-16(13-20(19)39-24)17-12-18(15-28-14-17)34(7)25(36)37-27(4,5)6/h8-9,12-15H,10-11H2,1-7H3,(H2,29,30,32,35). The molecule has 3 aromatic heterocycles. The fourth-order valence-corrected chi connectivity index (χ4v) is 4.35. The molecule has 4 aromatic rings. The van der Waals surface area contributed by atoms with Crippen LogP contribution in [0.5, 0.6) is 0 Å². The quantitative estimate of drug-likeness (QED) is 0.308. The van der Waals surface area contributed by atoms with Gasteiger partial charge in [-0.25, -0.2) is 14.6 Å². The normalized spacial score (nSPS) is 11.9. The summed E-state index contributed by atoms with van der Waals surface area (Å²) in [4.78, 5) is 39.5. The fourth-order valence-electron chi connectivity index (χ4n) is 3.45. The van der Waals surface area contributed by atoms with Crippen LogP contribution in [0, 0.1) is 0 Å². The zero-order valence-corrected chi connectivity index (χ0v) is 24.0. The van der Waals surface area contributed by atoms with Gasteiger partial charge in [-0.3, -0.25) is 15.2 Å². The Hall–Kier alpha value is -4.06. The predicted octanol–water partition coefficient (Wildman–Crippen LogP) is 5.77. The van der Waals surface area contributed by atoms with Crippen molar-refractivity contribution in [2.24, 2.45) is 0 Å². The van der Waals surface area contributed by atoms with Crippen molar-refractivity contribution >= 4 is 44.5 Å². The maximum Gasteiger partial charge on any atom is 0.414 e. The number of nitrogens with zero attached hydrogens (tertiary/aromatic N) is 5. The molecule has 1 aromatic carbocycles. The van der Waals surface area contributed by atoms with Gasteiger partial charge in [-0.05, 0) is 44.5 Å². The van der Waals surface area contributed by atoms with E-state index < -0.39 is 11.7 Å². The molecule has 3 amide bonds. The number of aromatic nitrogens is 4. The first-order valence-corrected chi connectivity index (χ1v) is 13.3. The van der Waals surface area contributed by atoms with Crippen molar-refractivity contribution < 1.29 is 18.8 Å². The molecule has 0 saturated carbocycles. The summed E-state index contributed by atoms with van der Waals surface area (Å²) < 4.78 is 11.6. The molecular formula is C27H33N7O4S. The molecule has 4 rings (SSSR count). The fraction of sp³-hybridized carbons (Fsp3) is 0.407. The highest BCUT2D eigenvalue weighted by molar-refractivity contribution is 7.22. The molecule has 0 radical (unpaired) electrons. The number of urea groups is 1. The van der Waals surface area contributed by atoms with Gasteiger partial charge in [0.2, 0.25) is 5.89 Å². The minimum atomic E-state index is -0.597. The third-order valence-electron chi connectivity index (χ3n) is 5.46. The lowest BCUT2D eigenvalue weighted by molar-refractivity contribution is 0.0589. The highest BCUT2D eigenvalue weighted by Gasteiger charge is 2.22. The van der Waals surface area contributed by atoms with Gasteiger partial charge in [-0.2, -0.15) is 4.98 Å². The Morgan fingerprint density at radius 2 is 1.82 bits per heavy atom. The van der Waals surface area contributed by atoms with Crippen LogP contribution in [0.15, 0.2) is 41.2 Å². The van der Waals surface area contributed by atoms with Crippen molar-refractivity contribution in [2.45, 2.75) is 59.0 Å². The highest BCUT2D eigenvalue weighted by atomic mass is 32.1. The summed E-state index contributed by atoms with van der Waals surface area (Å²) in [6.45, 7) is 11.8. The van der Waals surface area contributed by atoms with Gasteiger partial charge in [0.15, 0.2) is 11.0 Å². The van der Waals surface area contributed by atoms with E-state index in [0.29, 0.717) is 35.5 Å². The average molecular weight is 552 g/mol. The van der Waals surface area contributed by atoms with Gasteiger partial charge in [0.25, 0.3) is 0 Å². The second kappa shape index (κ2) is 11.0. The highest BCUT2D eigenvalue weighted by Crippen LogP contribution is 2.31. The van der Waals surface area contributed by atoms with Gasteiger partial charge in [0.05, 0.1) is 22.1 Å². The first-order chi connectivity index (χ1) is 18.3. The van der Waals surface area contributed by atoms with E-state index >= 15 is 0 Å². The van der Waals surface area contributed by atoms with Crippen molar-refractivity contribution in [2.75, 3.05) is 23.8 Å². The van der Waals surface area contributed by atoms with E-state index in [-0.39, 0.29) is 11.4 Å². The number of ether oxygens (including phenoxy) is 1. The van der Waals surface area contributed by atoms with Crippen LogP contribution in [0.25, 0.3) is 21.3 Å². The maximum atomic E-state index is 12.5. The molecule has 0 aliphatic rings. The Bertz CT molecular complexity index is 1480. The Balaban J connectivity index is 1.39. The molecule has 0 unspecified atom stereocenters. The molecule has 3 heterocycles. The minimum Gasteiger partial charge on any atom is -0.443 e. The Morgan fingerprint density at radius 3 is 2.51 bits per heavy atom. The van der Waals surface area contributed by atoms with Crippen LogP contribution in [-0.4, -0.2) is 51.4 Å². The summed E-state index contributed by atoms with van der Waals surface area (Å²) in [6, 6.07) is 7.30. The molecule has 39 heavy (non-hydrogen) atoms. The lowest BCUT2D eigenvalue weighted by Gasteiger charge is -2.24. The van der Waals surface area contributed by atoms with E-state index in [2.05, 4.69) is 30.7 Å². The summed E-state index contributed by atoms with van der Waals surface area (Å²) in [5, 5.41) is 10.0. The van der Waals surface area contributed by atoms with Gasteiger partial charge in [-0.1, -0.05) is 43.3 Å². The number of carbonyl (C=O) groups excluding carboxylic acids is 2. The van der Waals surface area contributed by atoms with Gasteiger partial charge in [-0.15, -0.1) is 0 Å². The SMILES string of the molecule is CN(C(=O)OC(C)(C)C)c1cncc(-c2ccc3nc(NC(=O)NCCc4noc(C(C)(C)C)n4)sc3c2)c1. The number of amides is 3. The van der Waals surface area contributed by atoms with E-state index in [1.54, 1.807) is 19.4 Å². The lowest BCUT2D eigenvalue weighted by atomic mass is 9.97. The molecule has 0 fully saturated rings. The Kier molecular flexibility index (Phi) is 7.86. The number of pyridine rings is 1. The Morgan fingerprint density at radius 1 is 1.05 bits per heavy atom. The minimum absolute atomic E-state index is 0.224. The first kappa shape index (κ1) is 28.0. The van der Waals surface area contributed by atoms with E-state index in [4.69, 9.17) is 9.26 Å². The molecule has 11 nitrogen and oxygen atoms in total. The number of hydrogen-bond donors (Lipinski definition) is 2. The summed E-state index contributed by atoms with van der Waals surface area (Å²) in [5.74, 6) is 1.11. The molecule has 0 aliphatic carbocycles. The topological polar surface area (TPSA) is 135 Å². The Labute approximate surface area is 231 Å². The number of anilines is 2. The van der Waals surface area contributed by atoms with E-state index in [1.807, 2.05) is 65.8 Å². The number of benzene rings is 1. The zero-order chi connectivity index (χ0) is 28.4. The third-order valence-corrected chi connectivity index (χ3v) is 6.40. The van der Waals surface area contributed by atoms with Crippen LogP contribution < -0.4 is 15.5 Å². The molecule has 12 heteroatoms. The molecule has 0 atom stereocenters.